The topological polar surface area (TPSA) is 24.3 Å². The van der Waals surface area contributed by atoms with Gasteiger partial charge in [-0.3, -0.25) is 9.80 Å². The second-order valence-corrected chi connectivity index (χ2v) is 7.08. The molecule has 0 saturated carbocycles. The van der Waals surface area contributed by atoms with Gasteiger partial charge in [-0.25, -0.2) is 4.98 Å². The van der Waals surface area contributed by atoms with Gasteiger partial charge in [-0.05, 0) is 31.4 Å². The van der Waals surface area contributed by atoms with E-state index in [1.54, 1.807) is 0 Å². The molecule has 122 valence electrons. The van der Waals surface area contributed by atoms with Crippen molar-refractivity contribution in [2.45, 2.75) is 26.1 Å². The standard InChI is InChI=1S/C19H26N4/c1-3-23-14-20-9-17(23)12-22-11-16-10-21(2)19(18(16)13-22)15-7-5-4-6-8-15/h4-9,14,16,18-19H,3,10-13H2,1-2H3/t16-,18+,19-/m0/s1. The first-order chi connectivity index (χ1) is 11.3. The number of aromatic nitrogens is 2. The Bertz CT molecular complexity index is 650. The molecule has 2 aliphatic rings. The van der Waals surface area contributed by atoms with Gasteiger partial charge in [-0.15, -0.1) is 0 Å². The first-order valence-corrected chi connectivity index (χ1v) is 8.72. The minimum absolute atomic E-state index is 0.572. The van der Waals surface area contributed by atoms with E-state index in [4.69, 9.17) is 0 Å². The summed E-state index contributed by atoms with van der Waals surface area (Å²) in [4.78, 5) is 9.49. The second kappa shape index (κ2) is 6.10. The number of aryl methyl sites for hydroxylation is 1. The zero-order chi connectivity index (χ0) is 15.8. The second-order valence-electron chi connectivity index (χ2n) is 7.08. The number of nitrogens with zero attached hydrogens (tertiary/aromatic N) is 4. The zero-order valence-corrected chi connectivity index (χ0v) is 14.1. The molecule has 3 atom stereocenters. The van der Waals surface area contributed by atoms with Gasteiger partial charge in [-0.2, -0.15) is 0 Å². The average molecular weight is 310 g/mol. The van der Waals surface area contributed by atoms with Crippen LogP contribution in [-0.4, -0.2) is 46.0 Å². The number of hydrogen-bond acceptors (Lipinski definition) is 3. The summed E-state index contributed by atoms with van der Waals surface area (Å²) < 4.78 is 2.26. The molecule has 2 aromatic rings. The highest BCUT2D eigenvalue weighted by Crippen LogP contribution is 2.44. The Morgan fingerprint density at radius 2 is 1.96 bits per heavy atom. The molecule has 0 spiro atoms. The van der Waals surface area contributed by atoms with Crippen LogP contribution in [0.5, 0.6) is 0 Å². The van der Waals surface area contributed by atoms with Gasteiger partial charge in [0.25, 0.3) is 0 Å². The third kappa shape index (κ3) is 2.70. The van der Waals surface area contributed by atoms with E-state index in [-0.39, 0.29) is 0 Å². The number of benzene rings is 1. The predicted molar refractivity (Wildman–Crippen MR) is 92.0 cm³/mol. The molecule has 2 fully saturated rings. The molecule has 0 amide bonds. The van der Waals surface area contributed by atoms with Gasteiger partial charge in [0, 0.05) is 45.0 Å². The van der Waals surface area contributed by atoms with Crippen LogP contribution in [0.25, 0.3) is 0 Å². The van der Waals surface area contributed by atoms with Gasteiger partial charge < -0.3 is 4.57 Å². The average Bonchev–Trinajstić information content (AvgIpc) is 3.22. The molecule has 4 heteroatoms. The van der Waals surface area contributed by atoms with Crippen molar-refractivity contribution >= 4 is 0 Å². The summed E-state index contributed by atoms with van der Waals surface area (Å²) in [6, 6.07) is 11.6. The maximum absolute atomic E-state index is 4.31. The predicted octanol–water partition coefficient (Wildman–Crippen LogP) is 2.64. The summed E-state index contributed by atoms with van der Waals surface area (Å²) in [7, 11) is 2.28. The first-order valence-electron chi connectivity index (χ1n) is 8.72. The van der Waals surface area contributed by atoms with Crippen molar-refractivity contribution in [1.29, 1.82) is 0 Å². The normalized spacial score (nSPS) is 28.3. The Kier molecular flexibility index (Phi) is 3.95. The lowest BCUT2D eigenvalue weighted by molar-refractivity contribution is 0.222. The van der Waals surface area contributed by atoms with E-state index in [1.807, 2.05) is 12.5 Å². The molecule has 0 unspecified atom stereocenters. The number of rotatable bonds is 4. The van der Waals surface area contributed by atoms with E-state index in [9.17, 15) is 0 Å². The summed E-state index contributed by atoms with van der Waals surface area (Å²) in [6.45, 7) is 7.85. The van der Waals surface area contributed by atoms with Crippen molar-refractivity contribution in [2.75, 3.05) is 26.7 Å². The highest BCUT2D eigenvalue weighted by Gasteiger charge is 2.45. The molecule has 0 aliphatic carbocycles. The van der Waals surface area contributed by atoms with E-state index in [1.165, 1.54) is 30.9 Å². The fourth-order valence-corrected chi connectivity index (χ4v) is 4.62. The van der Waals surface area contributed by atoms with Crippen molar-refractivity contribution in [3.8, 4) is 0 Å². The molecule has 4 nitrogen and oxygen atoms in total. The van der Waals surface area contributed by atoms with Crippen LogP contribution >= 0.6 is 0 Å². The molecule has 4 rings (SSSR count). The van der Waals surface area contributed by atoms with Gasteiger partial charge in [0.05, 0.1) is 12.0 Å². The van der Waals surface area contributed by atoms with Crippen molar-refractivity contribution in [2.24, 2.45) is 11.8 Å². The summed E-state index contributed by atoms with van der Waals surface area (Å²) in [6.07, 6.45) is 3.98. The van der Waals surface area contributed by atoms with Crippen molar-refractivity contribution in [3.63, 3.8) is 0 Å². The SMILES string of the molecule is CCn1cncc1CN1C[C@@H]2CN(C)[C@@H](c3ccccc3)[C@@H]2C1. The van der Waals surface area contributed by atoms with Crippen LogP contribution in [0.1, 0.15) is 24.2 Å². The van der Waals surface area contributed by atoms with Crippen molar-refractivity contribution in [3.05, 3.63) is 54.1 Å². The van der Waals surface area contributed by atoms with E-state index in [2.05, 4.69) is 63.7 Å². The summed E-state index contributed by atoms with van der Waals surface area (Å²) in [5.41, 5.74) is 2.82. The van der Waals surface area contributed by atoms with Crippen LogP contribution < -0.4 is 0 Å². The molecule has 23 heavy (non-hydrogen) atoms. The van der Waals surface area contributed by atoms with Crippen LogP contribution in [0.15, 0.2) is 42.9 Å². The van der Waals surface area contributed by atoms with Crippen molar-refractivity contribution < 1.29 is 0 Å². The summed E-state index contributed by atoms with van der Waals surface area (Å²) in [5.74, 6) is 1.55. The monoisotopic (exact) mass is 310 g/mol. The number of imidazole rings is 1. The maximum Gasteiger partial charge on any atom is 0.0948 e. The van der Waals surface area contributed by atoms with Gasteiger partial charge in [0.2, 0.25) is 0 Å². The smallest absolute Gasteiger partial charge is 0.0948 e. The molecule has 1 aromatic heterocycles. The van der Waals surface area contributed by atoms with Crippen LogP contribution in [-0.2, 0) is 13.1 Å². The van der Waals surface area contributed by atoms with Crippen LogP contribution in [0, 0.1) is 11.8 Å². The van der Waals surface area contributed by atoms with E-state index in [0.717, 1.165) is 24.9 Å². The molecule has 0 bridgehead atoms. The molecule has 0 N–H and O–H groups in total. The highest BCUT2D eigenvalue weighted by molar-refractivity contribution is 5.22. The van der Waals surface area contributed by atoms with E-state index >= 15 is 0 Å². The first kappa shape index (κ1) is 14.9. The summed E-state index contributed by atoms with van der Waals surface area (Å²) >= 11 is 0. The zero-order valence-electron chi connectivity index (χ0n) is 14.1. The van der Waals surface area contributed by atoms with Crippen molar-refractivity contribution in [1.82, 2.24) is 19.4 Å². The van der Waals surface area contributed by atoms with Gasteiger partial charge >= 0.3 is 0 Å². The minimum atomic E-state index is 0.572. The molecule has 2 saturated heterocycles. The Morgan fingerprint density at radius 1 is 1.13 bits per heavy atom. The maximum atomic E-state index is 4.31. The van der Waals surface area contributed by atoms with Crippen LogP contribution in [0.2, 0.25) is 0 Å². The molecular weight excluding hydrogens is 284 g/mol. The molecule has 0 radical (unpaired) electrons. The molecular formula is C19H26N4. The lowest BCUT2D eigenvalue weighted by Gasteiger charge is -2.27. The Balaban J connectivity index is 1.49. The lowest BCUT2D eigenvalue weighted by atomic mass is 9.90. The summed E-state index contributed by atoms with van der Waals surface area (Å²) in [5, 5.41) is 0. The van der Waals surface area contributed by atoms with Crippen LogP contribution in [0.4, 0.5) is 0 Å². The number of hydrogen-bond donors (Lipinski definition) is 0. The largest absolute Gasteiger partial charge is 0.334 e. The van der Waals surface area contributed by atoms with Crippen LogP contribution in [0.3, 0.4) is 0 Å². The third-order valence-corrected chi connectivity index (χ3v) is 5.64. The number of likely N-dealkylation sites (tertiary alicyclic amines) is 2. The lowest BCUT2D eigenvalue weighted by Crippen LogP contribution is -2.29. The fraction of sp³-hybridized carbons (Fsp3) is 0.526. The van der Waals surface area contributed by atoms with Gasteiger partial charge in [0.1, 0.15) is 0 Å². The minimum Gasteiger partial charge on any atom is -0.334 e. The quantitative estimate of drug-likeness (QED) is 0.868. The highest BCUT2D eigenvalue weighted by atomic mass is 15.3. The van der Waals surface area contributed by atoms with Gasteiger partial charge in [-0.1, -0.05) is 30.3 Å². The van der Waals surface area contributed by atoms with E-state index in [0.29, 0.717) is 6.04 Å². The Hall–Kier alpha value is -1.65. The number of fused-ring (bicyclic) bond motifs is 1. The third-order valence-electron chi connectivity index (χ3n) is 5.64. The Morgan fingerprint density at radius 3 is 2.74 bits per heavy atom. The molecule has 3 heterocycles. The van der Waals surface area contributed by atoms with E-state index < -0.39 is 0 Å². The molecule has 1 aromatic carbocycles. The fourth-order valence-electron chi connectivity index (χ4n) is 4.62. The van der Waals surface area contributed by atoms with Gasteiger partial charge in [0.15, 0.2) is 0 Å². The molecule has 2 aliphatic heterocycles. The Labute approximate surface area is 138 Å².